The summed E-state index contributed by atoms with van der Waals surface area (Å²) in [5.74, 6) is 0. The summed E-state index contributed by atoms with van der Waals surface area (Å²) in [6.45, 7) is 13.2. The fourth-order valence-electron chi connectivity index (χ4n) is 1.59. The molecule has 0 amide bonds. The number of hydrogen-bond donors (Lipinski definition) is 1. The first-order valence-electron chi connectivity index (χ1n) is 4.50. The van der Waals surface area contributed by atoms with Crippen molar-refractivity contribution < 1.29 is 0 Å². The molecule has 0 fully saturated rings. The van der Waals surface area contributed by atoms with Crippen LogP contribution < -0.4 is 0 Å². The molecular weight excluding hydrogens is 146 g/mol. The van der Waals surface area contributed by atoms with Gasteiger partial charge in [0, 0.05) is 16.8 Å². The highest BCUT2D eigenvalue weighted by Gasteiger charge is 2.19. The first kappa shape index (κ1) is 9.37. The quantitative estimate of drug-likeness (QED) is 0.607. The molecule has 1 rings (SSSR count). The zero-order valence-corrected chi connectivity index (χ0v) is 9.00. The van der Waals surface area contributed by atoms with Crippen LogP contribution in [0, 0.1) is 20.8 Å². The average molecular weight is 165 g/mol. The lowest BCUT2D eigenvalue weighted by Gasteiger charge is -2.18. The lowest BCUT2D eigenvalue weighted by atomic mass is 9.89. The highest BCUT2D eigenvalue weighted by atomic mass is 14.7. The maximum Gasteiger partial charge on any atom is 0.0236 e. The zero-order valence-electron chi connectivity index (χ0n) is 9.00. The topological polar surface area (TPSA) is 15.8 Å². The van der Waals surface area contributed by atoms with Gasteiger partial charge in [0.1, 0.15) is 0 Å². The van der Waals surface area contributed by atoms with E-state index < -0.39 is 0 Å². The lowest BCUT2D eigenvalue weighted by Crippen LogP contribution is -2.13. The van der Waals surface area contributed by atoms with Gasteiger partial charge < -0.3 is 4.98 Å². The molecule has 1 N–H and O–H groups in total. The zero-order chi connectivity index (χ0) is 9.52. The van der Waals surface area contributed by atoms with E-state index in [2.05, 4.69) is 46.5 Å². The molecule has 1 aromatic rings. The van der Waals surface area contributed by atoms with Crippen LogP contribution in [0.2, 0.25) is 0 Å². The summed E-state index contributed by atoms with van der Waals surface area (Å²) < 4.78 is 0. The fraction of sp³-hybridized carbons (Fsp3) is 0.636. The number of H-pyrrole nitrogens is 1. The van der Waals surface area contributed by atoms with E-state index in [0.717, 1.165) is 0 Å². The van der Waals surface area contributed by atoms with Crippen LogP contribution in [-0.2, 0) is 5.41 Å². The number of aromatic nitrogens is 1. The minimum Gasteiger partial charge on any atom is -0.362 e. The van der Waals surface area contributed by atoms with Crippen LogP contribution in [0.5, 0.6) is 0 Å². The largest absolute Gasteiger partial charge is 0.362 e. The monoisotopic (exact) mass is 165 g/mol. The van der Waals surface area contributed by atoms with Crippen molar-refractivity contribution >= 4 is 0 Å². The molecule has 1 heteroatoms. The summed E-state index contributed by atoms with van der Waals surface area (Å²) in [5.41, 5.74) is 5.73. The molecule has 0 spiro atoms. The summed E-state index contributed by atoms with van der Waals surface area (Å²) in [4.78, 5) is 3.45. The van der Waals surface area contributed by atoms with Gasteiger partial charge in [0.15, 0.2) is 0 Å². The fourth-order valence-corrected chi connectivity index (χ4v) is 1.59. The summed E-state index contributed by atoms with van der Waals surface area (Å²) in [6, 6.07) is 0. The van der Waals surface area contributed by atoms with Crippen molar-refractivity contribution in [3.63, 3.8) is 0 Å². The summed E-state index contributed by atoms with van der Waals surface area (Å²) >= 11 is 0. The maximum atomic E-state index is 3.45. The normalized spacial score (nSPS) is 12.2. The molecule has 0 atom stereocenters. The molecular formula is C11H19N. The molecule has 0 aliphatic heterocycles. The Morgan fingerprint density at radius 3 is 1.58 bits per heavy atom. The van der Waals surface area contributed by atoms with Gasteiger partial charge >= 0.3 is 0 Å². The Kier molecular flexibility index (Phi) is 2.07. The van der Waals surface area contributed by atoms with E-state index in [9.17, 15) is 0 Å². The molecule has 12 heavy (non-hydrogen) atoms. The predicted octanol–water partition coefficient (Wildman–Crippen LogP) is 3.24. The molecule has 1 aromatic heterocycles. The van der Waals surface area contributed by atoms with Crippen molar-refractivity contribution in [3.8, 4) is 0 Å². The van der Waals surface area contributed by atoms with E-state index in [1.54, 1.807) is 0 Å². The van der Waals surface area contributed by atoms with Crippen LogP contribution in [0.1, 0.15) is 43.3 Å². The Morgan fingerprint density at radius 1 is 0.917 bits per heavy atom. The van der Waals surface area contributed by atoms with Gasteiger partial charge in [0.05, 0.1) is 0 Å². The Hall–Kier alpha value is -0.720. The SMILES string of the molecule is Cc1[nH]c(C(C)(C)C)c(C)c1C. The number of hydrogen-bond acceptors (Lipinski definition) is 0. The Morgan fingerprint density at radius 2 is 1.42 bits per heavy atom. The summed E-state index contributed by atoms with van der Waals surface area (Å²) in [7, 11) is 0. The molecule has 0 aliphatic rings. The molecule has 0 unspecified atom stereocenters. The van der Waals surface area contributed by atoms with Crippen molar-refractivity contribution in [3.05, 3.63) is 22.5 Å². The number of aryl methyl sites for hydroxylation is 1. The highest BCUT2D eigenvalue weighted by molar-refractivity contribution is 5.37. The summed E-state index contributed by atoms with van der Waals surface area (Å²) in [6.07, 6.45) is 0. The second kappa shape index (κ2) is 2.65. The number of aromatic amines is 1. The maximum absolute atomic E-state index is 3.45. The molecule has 0 saturated carbocycles. The second-order valence-corrected chi connectivity index (χ2v) is 4.62. The molecule has 0 aromatic carbocycles. The summed E-state index contributed by atoms with van der Waals surface area (Å²) in [5, 5.41) is 0. The van der Waals surface area contributed by atoms with Crippen molar-refractivity contribution in [2.24, 2.45) is 0 Å². The number of nitrogens with one attached hydrogen (secondary N) is 1. The molecule has 0 saturated heterocycles. The van der Waals surface area contributed by atoms with E-state index in [-0.39, 0.29) is 5.41 Å². The van der Waals surface area contributed by atoms with Gasteiger partial charge in [-0.15, -0.1) is 0 Å². The van der Waals surface area contributed by atoms with Crippen molar-refractivity contribution in [1.82, 2.24) is 4.98 Å². The van der Waals surface area contributed by atoms with Gasteiger partial charge in [-0.2, -0.15) is 0 Å². The predicted molar refractivity (Wildman–Crippen MR) is 53.7 cm³/mol. The molecule has 0 radical (unpaired) electrons. The van der Waals surface area contributed by atoms with Crippen LogP contribution >= 0.6 is 0 Å². The third kappa shape index (κ3) is 1.40. The minimum absolute atomic E-state index is 0.239. The molecule has 0 bridgehead atoms. The van der Waals surface area contributed by atoms with Crippen LogP contribution in [0.3, 0.4) is 0 Å². The number of rotatable bonds is 0. The Balaban J connectivity index is 3.28. The molecule has 1 nitrogen and oxygen atoms in total. The van der Waals surface area contributed by atoms with Gasteiger partial charge in [-0.25, -0.2) is 0 Å². The third-order valence-electron chi connectivity index (χ3n) is 2.56. The van der Waals surface area contributed by atoms with Gasteiger partial charge in [-0.3, -0.25) is 0 Å². The molecule has 0 aliphatic carbocycles. The van der Waals surface area contributed by atoms with E-state index in [4.69, 9.17) is 0 Å². The molecule has 68 valence electrons. The van der Waals surface area contributed by atoms with E-state index in [1.807, 2.05) is 0 Å². The van der Waals surface area contributed by atoms with Crippen LogP contribution in [0.15, 0.2) is 0 Å². The van der Waals surface area contributed by atoms with Crippen molar-refractivity contribution in [1.29, 1.82) is 0 Å². The standard InChI is InChI=1S/C11H19N/c1-7-8(2)10(11(4,5)6)12-9(7)3/h12H,1-6H3. The smallest absolute Gasteiger partial charge is 0.0236 e. The first-order chi connectivity index (χ1) is 5.34. The average Bonchev–Trinajstić information content (AvgIpc) is 2.15. The Bertz CT molecular complexity index is 287. The van der Waals surface area contributed by atoms with Crippen LogP contribution in [0.4, 0.5) is 0 Å². The van der Waals surface area contributed by atoms with Crippen molar-refractivity contribution in [2.45, 2.75) is 47.0 Å². The van der Waals surface area contributed by atoms with Crippen LogP contribution in [0.25, 0.3) is 0 Å². The first-order valence-corrected chi connectivity index (χ1v) is 4.50. The minimum atomic E-state index is 0.239. The third-order valence-corrected chi connectivity index (χ3v) is 2.56. The Labute approximate surface area is 75.2 Å². The lowest BCUT2D eigenvalue weighted by molar-refractivity contribution is 0.568. The van der Waals surface area contributed by atoms with Gasteiger partial charge in [-0.05, 0) is 31.9 Å². The van der Waals surface area contributed by atoms with Gasteiger partial charge in [0.2, 0.25) is 0 Å². The van der Waals surface area contributed by atoms with Gasteiger partial charge in [-0.1, -0.05) is 20.8 Å². The van der Waals surface area contributed by atoms with E-state index >= 15 is 0 Å². The van der Waals surface area contributed by atoms with Crippen LogP contribution in [-0.4, -0.2) is 4.98 Å². The van der Waals surface area contributed by atoms with E-state index in [1.165, 1.54) is 22.5 Å². The molecule has 1 heterocycles. The highest BCUT2D eigenvalue weighted by Crippen LogP contribution is 2.27. The van der Waals surface area contributed by atoms with Gasteiger partial charge in [0.25, 0.3) is 0 Å². The second-order valence-electron chi connectivity index (χ2n) is 4.62. The van der Waals surface area contributed by atoms with Crippen molar-refractivity contribution in [2.75, 3.05) is 0 Å². The van der Waals surface area contributed by atoms with E-state index in [0.29, 0.717) is 0 Å².